The van der Waals surface area contributed by atoms with E-state index in [-0.39, 0.29) is 10.8 Å². The minimum Gasteiger partial charge on any atom is -0.325 e. The van der Waals surface area contributed by atoms with Gasteiger partial charge in [0.2, 0.25) is 15.9 Å². The molecule has 0 saturated heterocycles. The van der Waals surface area contributed by atoms with E-state index >= 15 is 0 Å². The first-order valence-electron chi connectivity index (χ1n) is 6.10. The molecule has 0 heterocycles. The smallest absolute Gasteiger partial charge is 0.242 e. The molecule has 0 radical (unpaired) electrons. The number of carbonyl (C=O) groups is 1. The van der Waals surface area contributed by atoms with Crippen molar-refractivity contribution >= 4 is 33.2 Å². The summed E-state index contributed by atoms with van der Waals surface area (Å²) in [7, 11) is -3.57. The highest BCUT2D eigenvalue weighted by Crippen LogP contribution is 2.16. The molecule has 7 heteroatoms. The van der Waals surface area contributed by atoms with E-state index in [1.54, 1.807) is 27.7 Å². The standard InChI is InChI=1S/C13H19ClN2O3S/c1-9(14)12(17)15-10-5-7-11(8-6-10)20(18,19)16-13(2,3)4/h5-9,16H,1-4H3,(H,15,17)/t9-/m1/s1. The van der Waals surface area contributed by atoms with Crippen molar-refractivity contribution in [2.75, 3.05) is 5.32 Å². The number of nitrogens with one attached hydrogen (secondary N) is 2. The lowest BCUT2D eigenvalue weighted by Gasteiger charge is -2.20. The van der Waals surface area contributed by atoms with Crippen LogP contribution in [0.1, 0.15) is 27.7 Å². The average molecular weight is 319 g/mol. The predicted molar refractivity (Wildman–Crippen MR) is 80.5 cm³/mol. The molecule has 0 aliphatic rings. The first kappa shape index (κ1) is 16.9. The highest BCUT2D eigenvalue weighted by molar-refractivity contribution is 7.89. The number of sulfonamides is 1. The summed E-state index contributed by atoms with van der Waals surface area (Å²) in [5, 5.41) is 1.93. The maximum Gasteiger partial charge on any atom is 0.242 e. The van der Waals surface area contributed by atoms with Crippen molar-refractivity contribution in [3.05, 3.63) is 24.3 Å². The highest BCUT2D eigenvalue weighted by Gasteiger charge is 2.21. The van der Waals surface area contributed by atoms with E-state index in [0.717, 1.165) is 0 Å². The fraction of sp³-hybridized carbons (Fsp3) is 0.462. The third kappa shape index (κ3) is 5.11. The number of benzene rings is 1. The Morgan fingerprint density at radius 3 is 2.10 bits per heavy atom. The van der Waals surface area contributed by atoms with Gasteiger partial charge in [-0.05, 0) is 52.0 Å². The lowest BCUT2D eigenvalue weighted by atomic mass is 10.1. The van der Waals surface area contributed by atoms with Gasteiger partial charge in [-0.2, -0.15) is 0 Å². The summed E-state index contributed by atoms with van der Waals surface area (Å²) in [6.45, 7) is 6.85. The van der Waals surface area contributed by atoms with Gasteiger partial charge < -0.3 is 5.32 Å². The number of rotatable bonds is 4. The Hall–Kier alpha value is -1.11. The SMILES string of the molecule is C[C@@H](Cl)C(=O)Nc1ccc(S(=O)(=O)NC(C)(C)C)cc1. The van der Waals surface area contributed by atoms with Crippen LogP contribution in [-0.2, 0) is 14.8 Å². The summed E-state index contributed by atoms with van der Waals surface area (Å²) in [4.78, 5) is 11.6. The molecule has 112 valence electrons. The second-order valence-corrected chi connectivity index (χ2v) is 7.82. The molecule has 0 unspecified atom stereocenters. The Morgan fingerprint density at radius 1 is 1.20 bits per heavy atom. The van der Waals surface area contributed by atoms with Gasteiger partial charge in [0.25, 0.3) is 0 Å². The van der Waals surface area contributed by atoms with Crippen LogP contribution in [0.15, 0.2) is 29.2 Å². The molecule has 0 aromatic heterocycles. The van der Waals surface area contributed by atoms with Crippen molar-refractivity contribution in [3.8, 4) is 0 Å². The van der Waals surface area contributed by atoms with Gasteiger partial charge in [-0.15, -0.1) is 11.6 Å². The summed E-state index contributed by atoms with van der Waals surface area (Å²) in [6.07, 6.45) is 0. The molecule has 0 aliphatic heterocycles. The normalized spacial score (nSPS) is 13.8. The van der Waals surface area contributed by atoms with Crippen molar-refractivity contribution in [1.29, 1.82) is 0 Å². The molecule has 1 aromatic rings. The lowest BCUT2D eigenvalue weighted by molar-refractivity contribution is -0.115. The van der Waals surface area contributed by atoms with Crippen LogP contribution >= 0.6 is 11.6 Å². The van der Waals surface area contributed by atoms with Gasteiger partial charge in [0.1, 0.15) is 5.38 Å². The van der Waals surface area contributed by atoms with E-state index in [0.29, 0.717) is 5.69 Å². The third-order valence-corrected chi connectivity index (χ3v) is 4.21. The first-order valence-corrected chi connectivity index (χ1v) is 8.02. The Labute approximate surface area is 124 Å². The number of alkyl halides is 1. The number of hydrogen-bond donors (Lipinski definition) is 2. The van der Waals surface area contributed by atoms with E-state index in [4.69, 9.17) is 11.6 Å². The van der Waals surface area contributed by atoms with Crippen LogP contribution in [0.4, 0.5) is 5.69 Å². The topological polar surface area (TPSA) is 75.3 Å². The van der Waals surface area contributed by atoms with Crippen LogP contribution in [-0.4, -0.2) is 25.2 Å². The second-order valence-electron chi connectivity index (χ2n) is 5.49. The molecular formula is C13H19ClN2O3S. The molecule has 0 aliphatic carbocycles. The van der Waals surface area contributed by atoms with Gasteiger partial charge in [-0.25, -0.2) is 13.1 Å². The molecule has 0 bridgehead atoms. The van der Waals surface area contributed by atoms with E-state index in [1.165, 1.54) is 24.3 Å². The van der Waals surface area contributed by atoms with Gasteiger partial charge >= 0.3 is 0 Å². The van der Waals surface area contributed by atoms with E-state index in [2.05, 4.69) is 10.0 Å². The van der Waals surface area contributed by atoms with E-state index in [9.17, 15) is 13.2 Å². The summed E-state index contributed by atoms with van der Waals surface area (Å²) in [6, 6.07) is 5.91. The van der Waals surface area contributed by atoms with Crippen molar-refractivity contribution < 1.29 is 13.2 Å². The zero-order chi connectivity index (χ0) is 15.6. The van der Waals surface area contributed by atoms with Crippen molar-refractivity contribution in [2.45, 2.75) is 43.5 Å². The van der Waals surface area contributed by atoms with Gasteiger partial charge in [0, 0.05) is 11.2 Å². The van der Waals surface area contributed by atoms with Crippen LogP contribution in [0.3, 0.4) is 0 Å². The van der Waals surface area contributed by atoms with E-state index < -0.39 is 20.9 Å². The van der Waals surface area contributed by atoms with Gasteiger partial charge in [0.15, 0.2) is 0 Å². The summed E-state index contributed by atoms with van der Waals surface area (Å²) < 4.78 is 26.7. The quantitative estimate of drug-likeness (QED) is 0.837. The van der Waals surface area contributed by atoms with Crippen LogP contribution < -0.4 is 10.0 Å². The minimum atomic E-state index is -3.57. The summed E-state index contributed by atoms with van der Waals surface area (Å²) in [5.74, 6) is -0.338. The molecule has 20 heavy (non-hydrogen) atoms. The third-order valence-electron chi connectivity index (χ3n) is 2.23. The molecule has 5 nitrogen and oxygen atoms in total. The van der Waals surface area contributed by atoms with Crippen molar-refractivity contribution in [2.24, 2.45) is 0 Å². The number of hydrogen-bond acceptors (Lipinski definition) is 3. The molecular weight excluding hydrogens is 300 g/mol. The van der Waals surface area contributed by atoms with Crippen molar-refractivity contribution in [1.82, 2.24) is 4.72 Å². The van der Waals surface area contributed by atoms with Gasteiger partial charge in [0.05, 0.1) is 4.90 Å². The number of anilines is 1. The molecule has 1 amide bonds. The molecule has 0 saturated carbocycles. The van der Waals surface area contributed by atoms with Crippen LogP contribution in [0.25, 0.3) is 0 Å². The van der Waals surface area contributed by atoms with E-state index in [1.807, 2.05) is 0 Å². The molecule has 2 N–H and O–H groups in total. The molecule has 0 fully saturated rings. The Bertz CT molecular complexity index is 575. The Kier molecular flexibility index (Phi) is 5.18. The number of amides is 1. The zero-order valence-corrected chi connectivity index (χ0v) is 13.5. The Morgan fingerprint density at radius 2 is 1.70 bits per heavy atom. The fourth-order valence-electron chi connectivity index (χ4n) is 1.42. The van der Waals surface area contributed by atoms with Crippen molar-refractivity contribution in [3.63, 3.8) is 0 Å². The summed E-state index contributed by atoms with van der Waals surface area (Å²) in [5.41, 5.74) is -0.0584. The first-order chi connectivity index (χ1) is 9.01. The number of halogens is 1. The predicted octanol–water partition coefficient (Wildman–Crippen LogP) is 2.33. The highest BCUT2D eigenvalue weighted by atomic mass is 35.5. The molecule has 0 spiro atoms. The second kappa shape index (κ2) is 6.11. The molecule has 1 atom stereocenters. The lowest BCUT2D eigenvalue weighted by Crippen LogP contribution is -2.40. The van der Waals surface area contributed by atoms with Gasteiger partial charge in [-0.3, -0.25) is 4.79 Å². The fourth-order valence-corrected chi connectivity index (χ4v) is 2.89. The van der Waals surface area contributed by atoms with Crippen LogP contribution in [0, 0.1) is 0 Å². The molecule has 1 aromatic carbocycles. The van der Waals surface area contributed by atoms with Crippen LogP contribution in [0.2, 0.25) is 0 Å². The van der Waals surface area contributed by atoms with Crippen LogP contribution in [0.5, 0.6) is 0 Å². The number of carbonyl (C=O) groups excluding carboxylic acids is 1. The Balaban J connectivity index is 2.89. The largest absolute Gasteiger partial charge is 0.325 e. The van der Waals surface area contributed by atoms with Gasteiger partial charge in [-0.1, -0.05) is 0 Å². The zero-order valence-electron chi connectivity index (χ0n) is 11.9. The monoisotopic (exact) mass is 318 g/mol. The summed E-state index contributed by atoms with van der Waals surface area (Å²) >= 11 is 5.64. The average Bonchev–Trinajstić information content (AvgIpc) is 2.26. The maximum absolute atomic E-state index is 12.1. The molecule has 1 rings (SSSR count). The minimum absolute atomic E-state index is 0.143. The maximum atomic E-state index is 12.1.